The fourth-order valence-electron chi connectivity index (χ4n) is 2.56. The third-order valence-corrected chi connectivity index (χ3v) is 3.80. The van der Waals surface area contributed by atoms with E-state index in [0.717, 1.165) is 38.5 Å². The molecule has 1 aliphatic heterocycles. The molecule has 0 aromatic carbocycles. The first kappa shape index (κ1) is 13.5. The van der Waals surface area contributed by atoms with Gasteiger partial charge >= 0.3 is 0 Å². The maximum Gasteiger partial charge on any atom is 0.222 e. The Hall–Kier alpha value is -0.570. The molecule has 1 rings (SSSR count). The summed E-state index contributed by atoms with van der Waals surface area (Å²) in [7, 11) is 0. The van der Waals surface area contributed by atoms with Crippen LogP contribution in [0.15, 0.2) is 0 Å². The Morgan fingerprint density at radius 3 is 2.38 bits per heavy atom. The number of nitrogens with zero attached hydrogens (tertiary/aromatic N) is 1. The van der Waals surface area contributed by atoms with Gasteiger partial charge in [0.05, 0.1) is 0 Å². The van der Waals surface area contributed by atoms with E-state index in [4.69, 9.17) is 0 Å². The summed E-state index contributed by atoms with van der Waals surface area (Å²) >= 11 is 0. The lowest BCUT2D eigenvalue weighted by Crippen LogP contribution is -2.35. The molecule has 0 saturated carbocycles. The van der Waals surface area contributed by atoms with Gasteiger partial charge in [0, 0.05) is 19.5 Å². The molecule has 0 aromatic rings. The standard InChI is InChI=1S/C13H26N2O/c1-4-15(5-2)13(16)10-11(3)12-6-8-14-9-7-12/h11-12,14H,4-10H2,1-3H3. The number of rotatable bonds is 5. The number of carbonyl (C=O) groups excluding carboxylic acids is 1. The smallest absolute Gasteiger partial charge is 0.222 e. The van der Waals surface area contributed by atoms with Crippen molar-refractivity contribution in [2.24, 2.45) is 11.8 Å². The summed E-state index contributed by atoms with van der Waals surface area (Å²) in [5.74, 6) is 1.60. The lowest BCUT2D eigenvalue weighted by Gasteiger charge is -2.29. The Bertz CT molecular complexity index is 208. The van der Waals surface area contributed by atoms with Crippen LogP contribution in [0.2, 0.25) is 0 Å². The zero-order chi connectivity index (χ0) is 12.0. The average Bonchev–Trinajstić information content (AvgIpc) is 2.31. The van der Waals surface area contributed by atoms with Crippen LogP contribution in [0.3, 0.4) is 0 Å². The van der Waals surface area contributed by atoms with Crippen molar-refractivity contribution in [3.05, 3.63) is 0 Å². The van der Waals surface area contributed by atoms with Crippen molar-refractivity contribution in [3.8, 4) is 0 Å². The molecular weight excluding hydrogens is 200 g/mol. The van der Waals surface area contributed by atoms with Crippen LogP contribution in [-0.2, 0) is 4.79 Å². The van der Waals surface area contributed by atoms with Crippen molar-refractivity contribution in [3.63, 3.8) is 0 Å². The van der Waals surface area contributed by atoms with Gasteiger partial charge in [0.25, 0.3) is 0 Å². The van der Waals surface area contributed by atoms with Crippen LogP contribution in [0.1, 0.15) is 40.0 Å². The molecule has 0 aliphatic carbocycles. The van der Waals surface area contributed by atoms with Crippen LogP contribution in [-0.4, -0.2) is 37.0 Å². The Kier molecular flexibility index (Phi) is 5.81. The van der Waals surface area contributed by atoms with Gasteiger partial charge in [-0.15, -0.1) is 0 Å². The first-order chi connectivity index (χ1) is 7.69. The summed E-state index contributed by atoms with van der Waals surface area (Å²) in [6, 6.07) is 0. The molecule has 1 heterocycles. The minimum Gasteiger partial charge on any atom is -0.343 e. The summed E-state index contributed by atoms with van der Waals surface area (Å²) in [5.41, 5.74) is 0. The van der Waals surface area contributed by atoms with Crippen molar-refractivity contribution in [1.29, 1.82) is 0 Å². The van der Waals surface area contributed by atoms with Crippen LogP contribution in [0.5, 0.6) is 0 Å². The second-order valence-corrected chi connectivity index (χ2v) is 4.83. The Labute approximate surface area is 99.6 Å². The van der Waals surface area contributed by atoms with Crippen LogP contribution in [0, 0.1) is 11.8 Å². The van der Waals surface area contributed by atoms with Gasteiger partial charge in [-0.3, -0.25) is 4.79 Å². The van der Waals surface area contributed by atoms with Gasteiger partial charge in [0.2, 0.25) is 5.91 Å². The highest BCUT2D eigenvalue weighted by molar-refractivity contribution is 5.76. The van der Waals surface area contributed by atoms with Crippen LogP contribution < -0.4 is 5.32 Å². The Morgan fingerprint density at radius 1 is 1.31 bits per heavy atom. The molecule has 0 spiro atoms. The second-order valence-electron chi connectivity index (χ2n) is 4.83. The van der Waals surface area contributed by atoms with Gasteiger partial charge in [-0.25, -0.2) is 0 Å². The maximum atomic E-state index is 12.0. The highest BCUT2D eigenvalue weighted by Crippen LogP contribution is 2.24. The van der Waals surface area contributed by atoms with E-state index in [9.17, 15) is 4.79 Å². The number of piperidine rings is 1. The molecule has 0 bridgehead atoms. The zero-order valence-electron chi connectivity index (χ0n) is 11.0. The van der Waals surface area contributed by atoms with Crippen LogP contribution in [0.25, 0.3) is 0 Å². The molecule has 1 saturated heterocycles. The fraction of sp³-hybridized carbons (Fsp3) is 0.923. The largest absolute Gasteiger partial charge is 0.343 e. The predicted octanol–water partition coefficient (Wildman–Crippen LogP) is 1.88. The predicted molar refractivity (Wildman–Crippen MR) is 67.3 cm³/mol. The number of nitrogens with one attached hydrogen (secondary N) is 1. The van der Waals surface area contributed by atoms with Crippen molar-refractivity contribution in [2.75, 3.05) is 26.2 Å². The van der Waals surface area contributed by atoms with E-state index in [1.807, 2.05) is 4.90 Å². The molecule has 0 aromatic heterocycles. The summed E-state index contributed by atoms with van der Waals surface area (Å²) in [4.78, 5) is 13.9. The molecule has 1 unspecified atom stereocenters. The van der Waals surface area contributed by atoms with Gasteiger partial charge in [-0.2, -0.15) is 0 Å². The molecule has 3 heteroatoms. The molecule has 1 N–H and O–H groups in total. The van der Waals surface area contributed by atoms with Gasteiger partial charge in [-0.1, -0.05) is 6.92 Å². The molecule has 0 radical (unpaired) electrons. The molecule has 1 fully saturated rings. The van der Waals surface area contributed by atoms with E-state index in [0.29, 0.717) is 11.8 Å². The molecule has 1 amide bonds. The minimum absolute atomic E-state index is 0.330. The number of hydrogen-bond acceptors (Lipinski definition) is 2. The molecule has 1 aliphatic rings. The molecule has 16 heavy (non-hydrogen) atoms. The van der Waals surface area contributed by atoms with Crippen molar-refractivity contribution in [2.45, 2.75) is 40.0 Å². The molecular formula is C13H26N2O. The summed E-state index contributed by atoms with van der Waals surface area (Å²) in [6.45, 7) is 10.3. The van der Waals surface area contributed by atoms with Crippen molar-refractivity contribution >= 4 is 5.91 Å². The Morgan fingerprint density at radius 2 is 1.88 bits per heavy atom. The quantitative estimate of drug-likeness (QED) is 0.776. The maximum absolute atomic E-state index is 12.0. The van der Waals surface area contributed by atoms with Gasteiger partial charge in [-0.05, 0) is 51.6 Å². The molecule has 94 valence electrons. The topological polar surface area (TPSA) is 32.3 Å². The highest BCUT2D eigenvalue weighted by atomic mass is 16.2. The highest BCUT2D eigenvalue weighted by Gasteiger charge is 2.23. The monoisotopic (exact) mass is 226 g/mol. The van der Waals surface area contributed by atoms with Gasteiger partial charge < -0.3 is 10.2 Å². The first-order valence-corrected chi connectivity index (χ1v) is 6.67. The van der Waals surface area contributed by atoms with E-state index < -0.39 is 0 Å². The zero-order valence-corrected chi connectivity index (χ0v) is 11.0. The number of amides is 1. The summed E-state index contributed by atoms with van der Waals surface area (Å²) in [5, 5.41) is 3.37. The average molecular weight is 226 g/mol. The Balaban J connectivity index is 2.36. The van der Waals surface area contributed by atoms with Crippen LogP contribution in [0.4, 0.5) is 0 Å². The minimum atomic E-state index is 0.330. The van der Waals surface area contributed by atoms with Gasteiger partial charge in [0.15, 0.2) is 0 Å². The third-order valence-electron chi connectivity index (χ3n) is 3.80. The third kappa shape index (κ3) is 3.78. The molecule has 3 nitrogen and oxygen atoms in total. The number of carbonyl (C=O) groups is 1. The van der Waals surface area contributed by atoms with Crippen molar-refractivity contribution < 1.29 is 4.79 Å². The lowest BCUT2D eigenvalue weighted by molar-refractivity contribution is -0.132. The lowest BCUT2D eigenvalue weighted by atomic mass is 9.84. The van der Waals surface area contributed by atoms with Gasteiger partial charge in [0.1, 0.15) is 0 Å². The molecule has 1 atom stereocenters. The SMILES string of the molecule is CCN(CC)C(=O)CC(C)C1CCNCC1. The van der Waals surface area contributed by atoms with E-state index in [-0.39, 0.29) is 0 Å². The number of hydrogen-bond donors (Lipinski definition) is 1. The normalized spacial score (nSPS) is 19.4. The van der Waals surface area contributed by atoms with E-state index in [1.165, 1.54) is 12.8 Å². The summed E-state index contributed by atoms with van der Waals surface area (Å²) < 4.78 is 0. The second kappa shape index (κ2) is 6.89. The summed E-state index contributed by atoms with van der Waals surface area (Å²) in [6.07, 6.45) is 3.19. The fourth-order valence-corrected chi connectivity index (χ4v) is 2.56. The van der Waals surface area contributed by atoms with E-state index in [1.54, 1.807) is 0 Å². The first-order valence-electron chi connectivity index (χ1n) is 6.67. The van der Waals surface area contributed by atoms with E-state index >= 15 is 0 Å². The van der Waals surface area contributed by atoms with E-state index in [2.05, 4.69) is 26.1 Å². The van der Waals surface area contributed by atoms with Crippen molar-refractivity contribution in [1.82, 2.24) is 10.2 Å². The van der Waals surface area contributed by atoms with Crippen LogP contribution >= 0.6 is 0 Å².